The number of carbonyl (C=O) groups excluding carboxylic acids is 1. The first-order valence-corrected chi connectivity index (χ1v) is 8.96. The molecule has 2 heterocycles. The minimum absolute atomic E-state index is 0.157. The minimum Gasteiger partial charge on any atom is -0.325 e. The fraction of sp³-hybridized carbons (Fsp3) is 0.167. The van der Waals surface area contributed by atoms with Gasteiger partial charge in [0.15, 0.2) is 0 Å². The van der Waals surface area contributed by atoms with Crippen LogP contribution in [-0.2, 0) is 4.79 Å². The van der Waals surface area contributed by atoms with Crippen molar-refractivity contribution >= 4 is 23.4 Å². The number of aromatic nitrogens is 3. The van der Waals surface area contributed by atoms with Gasteiger partial charge >= 0.3 is 0 Å². The summed E-state index contributed by atoms with van der Waals surface area (Å²) >= 11 is 1.33. The van der Waals surface area contributed by atoms with Crippen molar-refractivity contribution in [1.82, 2.24) is 14.9 Å². The summed E-state index contributed by atoms with van der Waals surface area (Å²) < 4.78 is 15.1. The van der Waals surface area contributed by atoms with Crippen LogP contribution in [0.25, 0.3) is 0 Å². The van der Waals surface area contributed by atoms with Gasteiger partial charge in [-0.2, -0.15) is 0 Å². The molecule has 3 aromatic rings. The van der Waals surface area contributed by atoms with Crippen LogP contribution in [0.5, 0.6) is 0 Å². The number of rotatable bonds is 3. The molecule has 2 unspecified atom stereocenters. The zero-order valence-electron chi connectivity index (χ0n) is 13.9. The number of aryl methyl sites for hydroxylation is 1. The second-order valence-electron chi connectivity index (χ2n) is 5.92. The monoisotopic (exact) mass is 369 g/mol. The summed E-state index contributed by atoms with van der Waals surface area (Å²) in [5.41, 5.74) is 4.82. The van der Waals surface area contributed by atoms with Gasteiger partial charge < -0.3 is 10.7 Å². The summed E-state index contributed by atoms with van der Waals surface area (Å²) in [6.07, 6.45) is 0. The third-order valence-electron chi connectivity index (χ3n) is 4.13. The predicted octanol–water partition coefficient (Wildman–Crippen LogP) is 3.12. The smallest absolute Gasteiger partial charge is 0.240 e. The Labute approximate surface area is 153 Å². The van der Waals surface area contributed by atoms with E-state index >= 15 is 0 Å². The van der Waals surface area contributed by atoms with Crippen LogP contribution in [-0.4, -0.2) is 26.0 Å². The number of nitrogens with zero attached hydrogens (tertiary/aromatic N) is 3. The van der Waals surface area contributed by atoms with E-state index in [1.807, 2.05) is 37.3 Å². The highest BCUT2D eigenvalue weighted by Gasteiger charge is 2.37. The van der Waals surface area contributed by atoms with Gasteiger partial charge in [-0.15, -0.1) is 10.2 Å². The van der Waals surface area contributed by atoms with Gasteiger partial charge in [0.1, 0.15) is 16.9 Å². The highest BCUT2D eigenvalue weighted by molar-refractivity contribution is 8.00. The molecule has 0 aliphatic carbocycles. The van der Waals surface area contributed by atoms with Crippen LogP contribution in [0.4, 0.5) is 10.1 Å². The molecule has 1 amide bonds. The highest BCUT2D eigenvalue weighted by Crippen LogP contribution is 2.37. The van der Waals surface area contributed by atoms with Crippen molar-refractivity contribution in [2.45, 2.75) is 23.4 Å². The molecule has 132 valence electrons. The molecule has 2 atom stereocenters. The van der Waals surface area contributed by atoms with Crippen molar-refractivity contribution < 1.29 is 9.18 Å². The van der Waals surface area contributed by atoms with E-state index in [4.69, 9.17) is 0 Å². The second kappa shape index (κ2) is 6.80. The van der Waals surface area contributed by atoms with Gasteiger partial charge in [0.25, 0.3) is 0 Å². The number of fused-ring (bicyclic) bond motifs is 1. The Morgan fingerprint density at radius 1 is 1.15 bits per heavy atom. The quantitative estimate of drug-likeness (QED) is 0.742. The third kappa shape index (κ3) is 3.15. The Morgan fingerprint density at radius 2 is 1.88 bits per heavy atom. The number of amides is 1. The average Bonchev–Trinajstić information content (AvgIpc) is 3.02. The summed E-state index contributed by atoms with van der Waals surface area (Å²) in [4.78, 5) is 12.9. The molecule has 26 heavy (non-hydrogen) atoms. The van der Waals surface area contributed by atoms with Crippen molar-refractivity contribution in [1.29, 1.82) is 0 Å². The summed E-state index contributed by atoms with van der Waals surface area (Å²) in [6, 6.07) is 15.1. The fourth-order valence-corrected chi connectivity index (χ4v) is 3.94. The number of hydrogen-bond donors (Lipinski definition) is 2. The fourth-order valence-electron chi connectivity index (χ4n) is 2.82. The first kappa shape index (κ1) is 16.6. The van der Waals surface area contributed by atoms with Gasteiger partial charge in [-0.05, 0) is 36.8 Å². The van der Waals surface area contributed by atoms with Gasteiger partial charge in [-0.25, -0.2) is 9.07 Å². The normalized spacial score (nSPS) is 18.7. The molecule has 0 spiro atoms. The Hall–Kier alpha value is -2.87. The van der Waals surface area contributed by atoms with E-state index in [0.717, 1.165) is 11.3 Å². The van der Waals surface area contributed by atoms with E-state index in [2.05, 4.69) is 20.9 Å². The number of carbonyl (C=O) groups is 1. The lowest BCUT2D eigenvalue weighted by atomic mass is 10.0. The third-order valence-corrected chi connectivity index (χ3v) is 5.34. The lowest BCUT2D eigenvalue weighted by molar-refractivity contribution is -0.116. The number of anilines is 1. The molecular formula is C18H16FN5OS. The Morgan fingerprint density at radius 3 is 2.62 bits per heavy atom. The summed E-state index contributed by atoms with van der Waals surface area (Å²) in [5.74, 6) is 0.222. The van der Waals surface area contributed by atoms with Crippen LogP contribution in [0.2, 0.25) is 0 Å². The van der Waals surface area contributed by atoms with Gasteiger partial charge in [0.2, 0.25) is 11.1 Å². The van der Waals surface area contributed by atoms with E-state index in [1.54, 1.807) is 16.8 Å². The molecule has 0 radical (unpaired) electrons. The number of benzene rings is 2. The molecular weight excluding hydrogens is 353 g/mol. The van der Waals surface area contributed by atoms with Crippen LogP contribution in [0.1, 0.15) is 17.4 Å². The Bertz CT molecular complexity index is 929. The predicted molar refractivity (Wildman–Crippen MR) is 98.0 cm³/mol. The van der Waals surface area contributed by atoms with E-state index in [0.29, 0.717) is 11.0 Å². The van der Waals surface area contributed by atoms with E-state index < -0.39 is 5.25 Å². The molecule has 0 bridgehead atoms. The van der Waals surface area contributed by atoms with Crippen LogP contribution >= 0.6 is 11.8 Å². The first-order valence-electron chi connectivity index (χ1n) is 8.08. The van der Waals surface area contributed by atoms with Gasteiger partial charge in [-0.1, -0.05) is 42.1 Å². The van der Waals surface area contributed by atoms with E-state index in [1.165, 1.54) is 23.9 Å². The number of thioether (sulfide) groups is 1. The maximum atomic E-state index is 13.3. The molecule has 6 nitrogen and oxygen atoms in total. The summed E-state index contributed by atoms with van der Waals surface area (Å²) in [5, 5.41) is 11.2. The van der Waals surface area contributed by atoms with Crippen molar-refractivity contribution in [2.75, 3.05) is 10.7 Å². The van der Waals surface area contributed by atoms with Crippen LogP contribution < -0.4 is 10.7 Å². The largest absolute Gasteiger partial charge is 0.325 e. The molecule has 8 heteroatoms. The molecule has 0 saturated carbocycles. The lowest BCUT2D eigenvalue weighted by Gasteiger charge is -2.32. The summed E-state index contributed by atoms with van der Waals surface area (Å²) in [7, 11) is 0. The second-order valence-corrected chi connectivity index (χ2v) is 7.03. The zero-order chi connectivity index (χ0) is 18.1. The first-order chi connectivity index (χ1) is 12.6. The Balaban J connectivity index is 1.67. The maximum Gasteiger partial charge on any atom is 0.240 e. The summed E-state index contributed by atoms with van der Waals surface area (Å²) in [6.45, 7) is 1.83. The minimum atomic E-state index is -0.489. The van der Waals surface area contributed by atoms with E-state index in [9.17, 15) is 9.18 Å². The standard InChI is InChI=1S/C18H16FN5OS/c1-11-21-22-18-24(11)23-15(12-7-9-13(19)10-8-12)16(26-18)17(25)20-14-5-3-2-4-6-14/h2-10,15-16,23H,1H3,(H,20,25). The molecule has 4 rings (SSSR count). The number of para-hydroxylation sites is 1. The molecule has 1 aliphatic rings. The molecule has 2 aromatic carbocycles. The zero-order valence-corrected chi connectivity index (χ0v) is 14.7. The molecule has 2 N–H and O–H groups in total. The average molecular weight is 369 g/mol. The highest BCUT2D eigenvalue weighted by atomic mass is 32.2. The number of nitrogens with one attached hydrogen (secondary N) is 2. The van der Waals surface area contributed by atoms with Gasteiger partial charge in [0, 0.05) is 5.69 Å². The SMILES string of the molecule is Cc1nnc2n1NC(c1ccc(F)cc1)C(C(=O)Nc1ccccc1)S2. The molecule has 0 fully saturated rings. The van der Waals surface area contributed by atoms with Crippen molar-refractivity contribution in [3.8, 4) is 0 Å². The van der Waals surface area contributed by atoms with Crippen LogP contribution in [0.15, 0.2) is 59.8 Å². The molecule has 0 saturated heterocycles. The van der Waals surface area contributed by atoms with Gasteiger partial charge in [-0.3, -0.25) is 4.79 Å². The van der Waals surface area contributed by atoms with Crippen LogP contribution in [0.3, 0.4) is 0 Å². The van der Waals surface area contributed by atoms with Crippen molar-refractivity contribution in [2.24, 2.45) is 0 Å². The lowest BCUT2D eigenvalue weighted by Crippen LogP contribution is -2.41. The van der Waals surface area contributed by atoms with Gasteiger partial charge in [0.05, 0.1) is 6.04 Å². The molecule has 1 aromatic heterocycles. The van der Waals surface area contributed by atoms with Crippen LogP contribution in [0, 0.1) is 12.7 Å². The number of halogens is 1. The van der Waals surface area contributed by atoms with E-state index in [-0.39, 0.29) is 17.8 Å². The topological polar surface area (TPSA) is 71.8 Å². The maximum absolute atomic E-state index is 13.3. The van der Waals surface area contributed by atoms with Crippen molar-refractivity contribution in [3.63, 3.8) is 0 Å². The number of hydrogen-bond acceptors (Lipinski definition) is 5. The molecule has 1 aliphatic heterocycles. The van der Waals surface area contributed by atoms with Crippen molar-refractivity contribution in [3.05, 3.63) is 71.8 Å². The Kier molecular flexibility index (Phi) is 4.34.